The van der Waals surface area contributed by atoms with Gasteiger partial charge >= 0.3 is 0 Å². The third-order valence-electron chi connectivity index (χ3n) is 2.56. The van der Waals surface area contributed by atoms with Crippen molar-refractivity contribution in [3.05, 3.63) is 40.4 Å². The zero-order valence-electron chi connectivity index (χ0n) is 9.27. The molecule has 0 N–H and O–H groups in total. The molecule has 0 aliphatic heterocycles. The lowest BCUT2D eigenvalue weighted by atomic mass is 10.2. The van der Waals surface area contributed by atoms with Crippen LogP contribution in [0.25, 0.3) is 10.9 Å². The van der Waals surface area contributed by atoms with E-state index in [2.05, 4.69) is 4.98 Å². The van der Waals surface area contributed by atoms with E-state index in [1.54, 1.807) is 10.6 Å². The van der Waals surface area contributed by atoms with E-state index in [0.29, 0.717) is 23.3 Å². The van der Waals surface area contributed by atoms with Crippen LogP contribution in [0, 0.1) is 0 Å². The van der Waals surface area contributed by atoms with Crippen molar-refractivity contribution in [1.82, 2.24) is 9.55 Å². The predicted octanol–water partition coefficient (Wildman–Crippen LogP) is 2.72. The summed E-state index contributed by atoms with van der Waals surface area (Å²) in [6.45, 7) is 4.33. The highest BCUT2D eigenvalue weighted by atomic mass is 35.5. The Morgan fingerprint density at radius 1 is 1.44 bits per heavy atom. The van der Waals surface area contributed by atoms with Crippen LogP contribution in [0.5, 0.6) is 0 Å². The molecule has 4 heteroatoms. The van der Waals surface area contributed by atoms with Crippen molar-refractivity contribution in [2.45, 2.75) is 25.8 Å². The Morgan fingerprint density at radius 2 is 2.12 bits per heavy atom. The predicted molar refractivity (Wildman–Crippen MR) is 65.9 cm³/mol. The van der Waals surface area contributed by atoms with Crippen LogP contribution in [0.1, 0.15) is 25.0 Å². The fourth-order valence-corrected chi connectivity index (χ4v) is 1.96. The van der Waals surface area contributed by atoms with Crippen molar-refractivity contribution in [2.24, 2.45) is 0 Å². The second-order valence-corrected chi connectivity index (χ2v) is 4.31. The van der Waals surface area contributed by atoms with E-state index in [4.69, 9.17) is 11.6 Å². The normalized spacial score (nSPS) is 12.9. The van der Waals surface area contributed by atoms with Gasteiger partial charge in [-0.3, -0.25) is 9.36 Å². The molecule has 0 bridgehead atoms. The topological polar surface area (TPSA) is 34.9 Å². The number of para-hydroxylation sites is 1. The summed E-state index contributed by atoms with van der Waals surface area (Å²) in [5, 5.41) is 0.377. The number of rotatable bonds is 2. The second kappa shape index (κ2) is 4.26. The third-order valence-corrected chi connectivity index (χ3v) is 2.76. The molecule has 0 saturated heterocycles. The summed E-state index contributed by atoms with van der Waals surface area (Å²) in [6, 6.07) is 7.34. The highest BCUT2D eigenvalue weighted by Crippen LogP contribution is 2.18. The minimum Gasteiger partial charge on any atom is -0.295 e. The second-order valence-electron chi connectivity index (χ2n) is 3.65. The van der Waals surface area contributed by atoms with E-state index < -0.39 is 0 Å². The van der Waals surface area contributed by atoms with Gasteiger partial charge in [0, 0.05) is 6.54 Å². The number of aromatic nitrogens is 2. The van der Waals surface area contributed by atoms with Gasteiger partial charge in [0.05, 0.1) is 16.3 Å². The van der Waals surface area contributed by atoms with Crippen molar-refractivity contribution in [3.63, 3.8) is 0 Å². The first-order valence-electron chi connectivity index (χ1n) is 5.28. The Kier molecular flexibility index (Phi) is 2.97. The van der Waals surface area contributed by atoms with Gasteiger partial charge in [0.25, 0.3) is 5.56 Å². The van der Waals surface area contributed by atoms with Crippen LogP contribution < -0.4 is 5.56 Å². The summed E-state index contributed by atoms with van der Waals surface area (Å²) >= 11 is 6.04. The van der Waals surface area contributed by atoms with E-state index in [-0.39, 0.29) is 10.9 Å². The lowest BCUT2D eigenvalue weighted by Crippen LogP contribution is -2.24. The van der Waals surface area contributed by atoms with E-state index in [9.17, 15) is 4.79 Å². The first kappa shape index (κ1) is 11.1. The molecule has 16 heavy (non-hydrogen) atoms. The van der Waals surface area contributed by atoms with E-state index >= 15 is 0 Å². The summed E-state index contributed by atoms with van der Waals surface area (Å²) in [5.74, 6) is 0.632. The van der Waals surface area contributed by atoms with Crippen LogP contribution in [0.15, 0.2) is 29.1 Å². The van der Waals surface area contributed by atoms with Gasteiger partial charge in [-0.05, 0) is 26.0 Å². The molecule has 1 unspecified atom stereocenters. The molecule has 1 heterocycles. The first-order valence-corrected chi connectivity index (χ1v) is 5.72. The van der Waals surface area contributed by atoms with Gasteiger partial charge in [-0.25, -0.2) is 4.98 Å². The fourth-order valence-electron chi connectivity index (χ4n) is 1.79. The van der Waals surface area contributed by atoms with Crippen LogP contribution in [0.3, 0.4) is 0 Å². The van der Waals surface area contributed by atoms with Crippen LogP contribution >= 0.6 is 11.6 Å². The number of hydrogen-bond donors (Lipinski definition) is 0. The average Bonchev–Trinajstić information content (AvgIpc) is 2.29. The lowest BCUT2D eigenvalue weighted by Gasteiger charge is -2.12. The minimum absolute atomic E-state index is 0.0180. The lowest BCUT2D eigenvalue weighted by molar-refractivity contribution is 0.656. The van der Waals surface area contributed by atoms with Gasteiger partial charge in [-0.2, -0.15) is 0 Å². The van der Waals surface area contributed by atoms with E-state index in [1.807, 2.05) is 32.0 Å². The van der Waals surface area contributed by atoms with Crippen LogP contribution in [0.4, 0.5) is 0 Å². The molecule has 2 rings (SSSR count). The maximum Gasteiger partial charge on any atom is 0.261 e. The molecule has 0 saturated carbocycles. The summed E-state index contributed by atoms with van der Waals surface area (Å²) in [6.07, 6.45) is 0. The molecule has 0 amide bonds. The molecule has 0 aliphatic carbocycles. The van der Waals surface area contributed by atoms with Crippen molar-refractivity contribution in [1.29, 1.82) is 0 Å². The number of hydrogen-bond acceptors (Lipinski definition) is 2. The SMILES string of the molecule is CCn1c(C(C)Cl)nc2ccccc2c1=O. The van der Waals surface area contributed by atoms with Crippen LogP contribution in [-0.2, 0) is 6.54 Å². The number of alkyl halides is 1. The molecule has 0 radical (unpaired) electrons. The van der Waals surface area contributed by atoms with E-state index in [0.717, 1.165) is 0 Å². The van der Waals surface area contributed by atoms with Crippen molar-refractivity contribution in [3.8, 4) is 0 Å². The largest absolute Gasteiger partial charge is 0.295 e. The molecule has 84 valence electrons. The Balaban J connectivity index is 2.87. The highest BCUT2D eigenvalue weighted by molar-refractivity contribution is 6.20. The maximum absolute atomic E-state index is 12.1. The summed E-state index contributed by atoms with van der Waals surface area (Å²) in [7, 11) is 0. The Labute approximate surface area is 98.7 Å². The van der Waals surface area contributed by atoms with Crippen LogP contribution in [0.2, 0.25) is 0 Å². The van der Waals surface area contributed by atoms with Gasteiger partial charge in [-0.15, -0.1) is 11.6 Å². The van der Waals surface area contributed by atoms with E-state index in [1.165, 1.54) is 0 Å². The first-order chi connectivity index (χ1) is 7.65. The van der Waals surface area contributed by atoms with Gasteiger partial charge in [0.2, 0.25) is 0 Å². The fraction of sp³-hybridized carbons (Fsp3) is 0.333. The van der Waals surface area contributed by atoms with Crippen LogP contribution in [-0.4, -0.2) is 9.55 Å². The Morgan fingerprint density at radius 3 is 2.75 bits per heavy atom. The Hall–Kier alpha value is -1.35. The van der Waals surface area contributed by atoms with Gasteiger partial charge in [0.15, 0.2) is 0 Å². The minimum atomic E-state index is -0.266. The number of nitrogens with zero attached hydrogens (tertiary/aromatic N) is 2. The summed E-state index contributed by atoms with van der Waals surface area (Å²) in [5.41, 5.74) is 0.690. The van der Waals surface area contributed by atoms with Crippen molar-refractivity contribution < 1.29 is 0 Å². The Bertz CT molecular complexity index is 575. The smallest absolute Gasteiger partial charge is 0.261 e. The quantitative estimate of drug-likeness (QED) is 0.752. The average molecular weight is 237 g/mol. The molecule has 0 aliphatic rings. The molecule has 1 aromatic heterocycles. The monoisotopic (exact) mass is 236 g/mol. The molecule has 2 aromatic rings. The van der Waals surface area contributed by atoms with Gasteiger partial charge in [0.1, 0.15) is 5.82 Å². The third kappa shape index (κ3) is 1.71. The highest BCUT2D eigenvalue weighted by Gasteiger charge is 2.12. The summed E-state index contributed by atoms with van der Waals surface area (Å²) in [4.78, 5) is 16.6. The summed E-state index contributed by atoms with van der Waals surface area (Å²) < 4.78 is 1.62. The zero-order valence-corrected chi connectivity index (χ0v) is 10.0. The van der Waals surface area contributed by atoms with Gasteiger partial charge < -0.3 is 0 Å². The molecule has 0 fully saturated rings. The maximum atomic E-state index is 12.1. The molecule has 0 spiro atoms. The molecule has 1 aromatic carbocycles. The van der Waals surface area contributed by atoms with Crippen molar-refractivity contribution >= 4 is 22.5 Å². The molecule has 1 atom stereocenters. The standard InChI is InChI=1S/C12H13ClN2O/c1-3-15-11(8(2)13)14-10-7-5-4-6-9(10)12(15)16/h4-8H,3H2,1-2H3. The number of fused-ring (bicyclic) bond motifs is 1. The van der Waals surface area contributed by atoms with Gasteiger partial charge in [-0.1, -0.05) is 12.1 Å². The number of halogens is 1. The van der Waals surface area contributed by atoms with Crippen molar-refractivity contribution in [2.75, 3.05) is 0 Å². The zero-order chi connectivity index (χ0) is 11.7. The number of benzene rings is 1. The molecular weight excluding hydrogens is 224 g/mol. The molecular formula is C12H13ClN2O. The molecule has 3 nitrogen and oxygen atoms in total.